The predicted molar refractivity (Wildman–Crippen MR) is 61.4 cm³/mol. The lowest BCUT2D eigenvalue weighted by atomic mass is 9.81. The van der Waals surface area contributed by atoms with Crippen LogP contribution < -0.4 is 5.32 Å². The van der Waals surface area contributed by atoms with Crippen molar-refractivity contribution < 1.29 is 4.79 Å². The Bertz CT molecular complexity index is 173. The third kappa shape index (κ3) is 6.14. The molecule has 0 spiro atoms. The van der Waals surface area contributed by atoms with Crippen molar-refractivity contribution in [3.63, 3.8) is 0 Å². The van der Waals surface area contributed by atoms with Crippen molar-refractivity contribution in [1.29, 1.82) is 0 Å². The van der Waals surface area contributed by atoms with E-state index in [0.29, 0.717) is 17.8 Å². The van der Waals surface area contributed by atoms with E-state index in [9.17, 15) is 4.79 Å². The van der Waals surface area contributed by atoms with Crippen LogP contribution in [0, 0.1) is 11.3 Å². The van der Waals surface area contributed by atoms with Gasteiger partial charge in [0.05, 0.1) is 0 Å². The summed E-state index contributed by atoms with van der Waals surface area (Å²) in [4.78, 5) is 10.7. The number of ketones is 1. The van der Waals surface area contributed by atoms with Gasteiger partial charge < -0.3 is 10.1 Å². The van der Waals surface area contributed by atoms with E-state index in [-0.39, 0.29) is 5.78 Å². The zero-order valence-corrected chi connectivity index (χ0v) is 10.3. The molecule has 0 aliphatic rings. The molecule has 14 heavy (non-hydrogen) atoms. The number of carbonyl (C=O) groups is 1. The van der Waals surface area contributed by atoms with E-state index in [2.05, 4.69) is 33.0 Å². The number of Topliss-reactive ketones (excluding diaryl/α,β-unsaturated/α-hetero) is 1. The Hall–Kier alpha value is -0.370. The summed E-state index contributed by atoms with van der Waals surface area (Å²) in [6, 6.07) is 0. The van der Waals surface area contributed by atoms with Crippen LogP contribution in [0.3, 0.4) is 0 Å². The van der Waals surface area contributed by atoms with Gasteiger partial charge in [0.1, 0.15) is 5.78 Å². The smallest absolute Gasteiger partial charge is 0.129 e. The normalized spacial score (nSPS) is 12.1. The van der Waals surface area contributed by atoms with Crippen LogP contribution in [-0.4, -0.2) is 18.9 Å². The van der Waals surface area contributed by atoms with Gasteiger partial charge >= 0.3 is 0 Å². The predicted octanol–water partition coefficient (Wildman–Crippen LogP) is 2.63. The van der Waals surface area contributed by atoms with Crippen LogP contribution in [0.25, 0.3) is 0 Å². The second-order valence-electron chi connectivity index (χ2n) is 5.13. The molecule has 0 radical (unpaired) electrons. The van der Waals surface area contributed by atoms with Crippen molar-refractivity contribution in [2.45, 2.75) is 47.5 Å². The quantitative estimate of drug-likeness (QED) is 0.639. The highest BCUT2D eigenvalue weighted by Crippen LogP contribution is 2.24. The molecule has 0 aliphatic heterocycles. The molecule has 0 aliphatic carbocycles. The first-order valence-corrected chi connectivity index (χ1v) is 5.56. The molecule has 84 valence electrons. The number of nitrogens with one attached hydrogen (secondary N) is 1. The van der Waals surface area contributed by atoms with Crippen molar-refractivity contribution in [2.24, 2.45) is 11.3 Å². The fraction of sp³-hybridized carbons (Fsp3) is 0.917. The highest BCUT2D eigenvalue weighted by atomic mass is 16.1. The number of hydrogen-bond acceptors (Lipinski definition) is 2. The van der Waals surface area contributed by atoms with E-state index in [1.807, 2.05) is 0 Å². The summed E-state index contributed by atoms with van der Waals surface area (Å²) in [6.07, 6.45) is 1.67. The molecular formula is C12H25NO. The molecule has 0 bridgehead atoms. The molecule has 0 unspecified atom stereocenters. The van der Waals surface area contributed by atoms with Crippen LogP contribution in [0.15, 0.2) is 0 Å². The molecule has 0 atom stereocenters. The summed E-state index contributed by atoms with van der Waals surface area (Å²) in [5.74, 6) is 0.970. The highest BCUT2D eigenvalue weighted by Gasteiger charge is 2.21. The van der Waals surface area contributed by atoms with E-state index < -0.39 is 0 Å². The number of hydrogen-bond donors (Lipinski definition) is 1. The third-order valence-corrected chi connectivity index (χ3v) is 3.03. The Kier molecular flexibility index (Phi) is 6.01. The summed E-state index contributed by atoms with van der Waals surface area (Å²) in [5, 5.41) is 3.41. The van der Waals surface area contributed by atoms with Gasteiger partial charge in [-0.25, -0.2) is 0 Å². The molecule has 0 rings (SSSR count). The van der Waals surface area contributed by atoms with Crippen molar-refractivity contribution in [1.82, 2.24) is 5.32 Å². The van der Waals surface area contributed by atoms with Gasteiger partial charge in [0.15, 0.2) is 0 Å². The molecular weight excluding hydrogens is 174 g/mol. The van der Waals surface area contributed by atoms with Gasteiger partial charge in [0.2, 0.25) is 0 Å². The molecule has 0 aromatic rings. The maximum atomic E-state index is 10.7. The van der Waals surface area contributed by atoms with Crippen LogP contribution in [0.2, 0.25) is 0 Å². The highest BCUT2D eigenvalue weighted by molar-refractivity contribution is 5.75. The second-order valence-corrected chi connectivity index (χ2v) is 5.13. The first kappa shape index (κ1) is 13.6. The largest absolute Gasteiger partial charge is 0.316 e. The average Bonchev–Trinajstić information content (AvgIpc) is 2.02. The van der Waals surface area contributed by atoms with Gasteiger partial charge in [0, 0.05) is 13.0 Å². The SMILES string of the molecule is CC(=O)CCCNCC(C)(C)C(C)C. The lowest BCUT2D eigenvalue weighted by Gasteiger charge is -2.29. The van der Waals surface area contributed by atoms with E-state index in [4.69, 9.17) is 0 Å². The van der Waals surface area contributed by atoms with Crippen molar-refractivity contribution in [3.05, 3.63) is 0 Å². The van der Waals surface area contributed by atoms with E-state index in [1.165, 1.54) is 0 Å². The lowest BCUT2D eigenvalue weighted by molar-refractivity contribution is -0.117. The Morgan fingerprint density at radius 2 is 1.93 bits per heavy atom. The number of rotatable bonds is 7. The van der Waals surface area contributed by atoms with Crippen molar-refractivity contribution >= 4 is 5.78 Å². The molecule has 0 amide bonds. The molecule has 1 N–H and O–H groups in total. The summed E-state index contributed by atoms with van der Waals surface area (Å²) in [5.41, 5.74) is 0.343. The van der Waals surface area contributed by atoms with Gasteiger partial charge in [-0.05, 0) is 31.2 Å². The molecule has 0 aromatic heterocycles. The Labute approximate surface area is 88.5 Å². The Morgan fingerprint density at radius 3 is 2.36 bits per heavy atom. The molecule has 0 saturated heterocycles. The van der Waals surface area contributed by atoms with Crippen molar-refractivity contribution in [3.8, 4) is 0 Å². The summed E-state index contributed by atoms with van der Waals surface area (Å²) in [7, 11) is 0. The summed E-state index contributed by atoms with van der Waals surface area (Å²) in [6.45, 7) is 12.7. The molecule has 2 heteroatoms. The summed E-state index contributed by atoms with van der Waals surface area (Å²) < 4.78 is 0. The Morgan fingerprint density at radius 1 is 1.36 bits per heavy atom. The Balaban J connectivity index is 3.49. The number of carbonyl (C=O) groups excluding carboxylic acids is 1. The maximum absolute atomic E-state index is 10.7. The van der Waals surface area contributed by atoms with Gasteiger partial charge in [-0.2, -0.15) is 0 Å². The second kappa shape index (κ2) is 6.18. The first-order valence-electron chi connectivity index (χ1n) is 5.56. The zero-order valence-electron chi connectivity index (χ0n) is 10.3. The minimum atomic E-state index is 0.287. The van der Waals surface area contributed by atoms with Crippen LogP contribution >= 0.6 is 0 Å². The van der Waals surface area contributed by atoms with Crippen molar-refractivity contribution in [2.75, 3.05) is 13.1 Å². The fourth-order valence-electron chi connectivity index (χ4n) is 1.08. The first-order chi connectivity index (χ1) is 6.36. The topological polar surface area (TPSA) is 29.1 Å². The van der Waals surface area contributed by atoms with Crippen LogP contribution in [0.4, 0.5) is 0 Å². The van der Waals surface area contributed by atoms with Gasteiger partial charge in [-0.15, -0.1) is 0 Å². The van der Waals surface area contributed by atoms with Gasteiger partial charge in [-0.3, -0.25) is 0 Å². The minimum Gasteiger partial charge on any atom is -0.316 e. The lowest BCUT2D eigenvalue weighted by Crippen LogP contribution is -2.34. The fourth-order valence-corrected chi connectivity index (χ4v) is 1.08. The third-order valence-electron chi connectivity index (χ3n) is 3.03. The maximum Gasteiger partial charge on any atom is 0.129 e. The minimum absolute atomic E-state index is 0.287. The molecule has 0 fully saturated rings. The van der Waals surface area contributed by atoms with E-state index in [1.54, 1.807) is 6.92 Å². The monoisotopic (exact) mass is 199 g/mol. The van der Waals surface area contributed by atoms with E-state index >= 15 is 0 Å². The van der Waals surface area contributed by atoms with Gasteiger partial charge in [-0.1, -0.05) is 27.7 Å². The van der Waals surface area contributed by atoms with Crippen LogP contribution in [-0.2, 0) is 4.79 Å². The zero-order chi connectivity index (χ0) is 11.2. The van der Waals surface area contributed by atoms with Crippen LogP contribution in [0.1, 0.15) is 47.5 Å². The molecule has 0 aromatic carbocycles. The van der Waals surface area contributed by atoms with E-state index in [0.717, 1.165) is 19.5 Å². The van der Waals surface area contributed by atoms with Gasteiger partial charge in [0.25, 0.3) is 0 Å². The molecule has 2 nitrogen and oxygen atoms in total. The molecule has 0 saturated carbocycles. The van der Waals surface area contributed by atoms with Crippen LogP contribution in [0.5, 0.6) is 0 Å². The molecule has 0 heterocycles. The standard InChI is InChI=1S/C12H25NO/c1-10(2)12(4,5)9-13-8-6-7-11(3)14/h10,13H,6-9H2,1-5H3. The average molecular weight is 199 g/mol. The summed E-state index contributed by atoms with van der Waals surface area (Å²) >= 11 is 0.